The van der Waals surface area contributed by atoms with E-state index in [1.807, 2.05) is 37.2 Å². The molecule has 4 amide bonds. The number of nitrogens with zero attached hydrogens (tertiary/aromatic N) is 3. The molecule has 1 aromatic rings. The number of urea groups is 1. The van der Waals surface area contributed by atoms with Crippen LogP contribution in [0.15, 0.2) is 24.3 Å². The summed E-state index contributed by atoms with van der Waals surface area (Å²) >= 11 is 6.10. The molecular weight excluding hydrogens is 416 g/mol. The van der Waals surface area contributed by atoms with Gasteiger partial charge in [0.2, 0.25) is 5.91 Å². The number of imide groups is 1. The van der Waals surface area contributed by atoms with Crippen LogP contribution in [-0.4, -0.2) is 71.8 Å². The number of carbonyl (C=O) groups excluding carboxylic acids is 3. The third-order valence-electron chi connectivity index (χ3n) is 6.51. The maximum Gasteiger partial charge on any atom is 0.325 e. The van der Waals surface area contributed by atoms with E-state index in [1.54, 1.807) is 11.0 Å². The third kappa shape index (κ3) is 5.57. The molecule has 2 aliphatic rings. The highest BCUT2D eigenvalue weighted by Crippen LogP contribution is 2.37. The van der Waals surface area contributed by atoms with Crippen LogP contribution in [0.5, 0.6) is 0 Å². The van der Waals surface area contributed by atoms with Gasteiger partial charge in [-0.15, -0.1) is 0 Å². The van der Waals surface area contributed by atoms with Crippen LogP contribution < -0.4 is 5.32 Å². The first kappa shape index (κ1) is 23.5. The van der Waals surface area contributed by atoms with Crippen molar-refractivity contribution in [2.45, 2.75) is 51.1 Å². The van der Waals surface area contributed by atoms with Crippen LogP contribution in [0.2, 0.25) is 5.02 Å². The average Bonchev–Trinajstić information content (AvgIpc) is 2.95. The first-order valence-corrected chi connectivity index (χ1v) is 11.4. The second-order valence-corrected chi connectivity index (χ2v) is 9.44. The van der Waals surface area contributed by atoms with Crippen LogP contribution in [0.3, 0.4) is 0 Å². The van der Waals surface area contributed by atoms with Gasteiger partial charge in [0.05, 0.1) is 0 Å². The van der Waals surface area contributed by atoms with Crippen LogP contribution in [0.1, 0.15) is 44.6 Å². The average molecular weight is 449 g/mol. The Morgan fingerprint density at radius 3 is 2.55 bits per heavy atom. The quantitative estimate of drug-likeness (QED) is 0.620. The van der Waals surface area contributed by atoms with Crippen LogP contribution >= 0.6 is 11.6 Å². The molecule has 31 heavy (non-hydrogen) atoms. The zero-order valence-corrected chi connectivity index (χ0v) is 19.5. The molecule has 1 aliphatic heterocycles. The molecule has 1 spiro atoms. The van der Waals surface area contributed by atoms with E-state index in [0.29, 0.717) is 43.4 Å². The first-order chi connectivity index (χ1) is 14.7. The van der Waals surface area contributed by atoms with E-state index >= 15 is 0 Å². The molecule has 170 valence electrons. The smallest absolute Gasteiger partial charge is 0.325 e. The molecule has 1 N–H and O–H groups in total. The van der Waals surface area contributed by atoms with Crippen molar-refractivity contribution < 1.29 is 14.4 Å². The Balaban J connectivity index is 1.70. The number of carbonyl (C=O) groups is 3. The Hall–Kier alpha value is -2.12. The highest BCUT2D eigenvalue weighted by Gasteiger charge is 2.52. The van der Waals surface area contributed by atoms with Gasteiger partial charge >= 0.3 is 6.03 Å². The molecule has 1 heterocycles. The Labute approximate surface area is 189 Å². The van der Waals surface area contributed by atoms with Crippen molar-refractivity contribution in [3.63, 3.8) is 0 Å². The molecule has 8 heteroatoms. The summed E-state index contributed by atoms with van der Waals surface area (Å²) < 4.78 is 0. The monoisotopic (exact) mass is 448 g/mol. The van der Waals surface area contributed by atoms with Gasteiger partial charge in [0.1, 0.15) is 12.1 Å². The summed E-state index contributed by atoms with van der Waals surface area (Å²) in [6.45, 7) is 3.46. The molecule has 0 radical (unpaired) electrons. The molecular formula is C23H33ClN4O3. The van der Waals surface area contributed by atoms with E-state index in [9.17, 15) is 14.4 Å². The van der Waals surface area contributed by atoms with Crippen molar-refractivity contribution in [2.24, 2.45) is 5.92 Å². The van der Waals surface area contributed by atoms with E-state index in [2.05, 4.69) is 12.2 Å². The summed E-state index contributed by atoms with van der Waals surface area (Å²) in [5, 5.41) is 3.51. The first-order valence-electron chi connectivity index (χ1n) is 11.0. The molecule has 0 unspecified atom stereocenters. The summed E-state index contributed by atoms with van der Waals surface area (Å²) in [5.41, 5.74) is 0.0796. The molecule has 1 aromatic carbocycles. The zero-order chi connectivity index (χ0) is 22.6. The largest absolute Gasteiger partial charge is 0.336 e. The van der Waals surface area contributed by atoms with Crippen LogP contribution in [-0.2, 0) is 16.1 Å². The van der Waals surface area contributed by atoms with Crippen LogP contribution in [0.25, 0.3) is 0 Å². The van der Waals surface area contributed by atoms with Crippen molar-refractivity contribution in [2.75, 3.05) is 33.7 Å². The fraction of sp³-hybridized carbons (Fsp3) is 0.609. The minimum Gasteiger partial charge on any atom is -0.336 e. The molecule has 1 saturated heterocycles. The number of nitrogens with one attached hydrogen (secondary N) is 1. The lowest BCUT2D eigenvalue weighted by atomic mass is 9.75. The van der Waals surface area contributed by atoms with E-state index in [-0.39, 0.29) is 18.4 Å². The number of hydrogen-bond donors (Lipinski definition) is 1. The van der Waals surface area contributed by atoms with E-state index in [1.165, 1.54) is 0 Å². The predicted octanol–water partition coefficient (Wildman–Crippen LogP) is 3.12. The van der Waals surface area contributed by atoms with Gasteiger partial charge in [-0.2, -0.15) is 0 Å². The maximum absolute atomic E-state index is 13.2. The maximum atomic E-state index is 13.2. The Morgan fingerprint density at radius 2 is 1.94 bits per heavy atom. The molecule has 0 atom stereocenters. The van der Waals surface area contributed by atoms with Crippen molar-refractivity contribution in [3.05, 3.63) is 34.9 Å². The fourth-order valence-electron chi connectivity index (χ4n) is 4.44. The standard InChI is InChI=1S/C23H33ClN4O3/c1-4-17-8-10-23(11-9-17)21(30)28(22(31)25-23)16-20(29)27(13-12-26(2)3)15-18-6-5-7-19(24)14-18/h5-7,14,17H,4,8-13,15-16H2,1-3H3,(H,25,31). The van der Waals surface area contributed by atoms with Crippen molar-refractivity contribution in [1.82, 2.24) is 20.0 Å². The highest BCUT2D eigenvalue weighted by atomic mass is 35.5. The van der Waals surface area contributed by atoms with E-state index in [0.717, 1.165) is 29.7 Å². The van der Waals surface area contributed by atoms with Gasteiger partial charge in [0.15, 0.2) is 0 Å². The fourth-order valence-corrected chi connectivity index (χ4v) is 4.65. The Morgan fingerprint density at radius 1 is 1.23 bits per heavy atom. The van der Waals surface area contributed by atoms with Crippen LogP contribution in [0, 0.1) is 5.92 Å². The predicted molar refractivity (Wildman–Crippen MR) is 121 cm³/mol. The molecule has 0 bridgehead atoms. The number of rotatable bonds is 8. The van der Waals surface area contributed by atoms with Crippen molar-refractivity contribution >= 4 is 29.4 Å². The van der Waals surface area contributed by atoms with Gasteiger partial charge in [0, 0.05) is 24.7 Å². The topological polar surface area (TPSA) is 73.0 Å². The third-order valence-corrected chi connectivity index (χ3v) is 6.74. The second-order valence-electron chi connectivity index (χ2n) is 9.00. The molecule has 0 aromatic heterocycles. The summed E-state index contributed by atoms with van der Waals surface area (Å²) in [6.07, 6.45) is 4.23. The van der Waals surface area contributed by atoms with Gasteiger partial charge in [0.25, 0.3) is 5.91 Å². The van der Waals surface area contributed by atoms with Gasteiger partial charge in [-0.25, -0.2) is 4.79 Å². The molecule has 3 rings (SSSR count). The number of likely N-dealkylation sites (N-methyl/N-ethyl adjacent to an activating group) is 1. The number of hydrogen-bond acceptors (Lipinski definition) is 4. The number of amides is 4. The van der Waals surface area contributed by atoms with Gasteiger partial charge in [-0.1, -0.05) is 37.1 Å². The summed E-state index contributed by atoms with van der Waals surface area (Å²) in [6, 6.07) is 6.92. The lowest BCUT2D eigenvalue weighted by Crippen LogP contribution is -2.50. The van der Waals surface area contributed by atoms with Gasteiger partial charge < -0.3 is 15.1 Å². The zero-order valence-electron chi connectivity index (χ0n) is 18.7. The molecule has 2 fully saturated rings. The molecule has 1 saturated carbocycles. The van der Waals surface area contributed by atoms with Gasteiger partial charge in [-0.3, -0.25) is 14.5 Å². The van der Waals surface area contributed by atoms with E-state index < -0.39 is 11.6 Å². The van der Waals surface area contributed by atoms with E-state index in [4.69, 9.17) is 11.6 Å². The van der Waals surface area contributed by atoms with Crippen molar-refractivity contribution in [3.8, 4) is 0 Å². The summed E-state index contributed by atoms with van der Waals surface area (Å²) in [5.74, 6) is 0.102. The normalized spacial score (nSPS) is 23.5. The molecule has 7 nitrogen and oxygen atoms in total. The highest BCUT2D eigenvalue weighted by molar-refractivity contribution is 6.30. The minimum atomic E-state index is -0.829. The molecule has 1 aliphatic carbocycles. The minimum absolute atomic E-state index is 0.238. The Bertz CT molecular complexity index is 821. The van der Waals surface area contributed by atoms with Crippen molar-refractivity contribution in [1.29, 1.82) is 0 Å². The number of benzene rings is 1. The van der Waals surface area contributed by atoms with Crippen LogP contribution in [0.4, 0.5) is 4.79 Å². The Kier molecular flexibility index (Phi) is 7.59. The lowest BCUT2D eigenvalue weighted by Gasteiger charge is -2.34. The summed E-state index contributed by atoms with van der Waals surface area (Å²) in [7, 11) is 3.88. The second kappa shape index (κ2) is 10.0. The van der Waals surface area contributed by atoms with Gasteiger partial charge in [-0.05, 0) is 63.4 Å². The SMILES string of the molecule is CCC1CCC2(CC1)NC(=O)N(CC(=O)N(CCN(C)C)Cc1cccc(Cl)c1)C2=O. The summed E-state index contributed by atoms with van der Waals surface area (Å²) in [4.78, 5) is 43.7. The lowest BCUT2D eigenvalue weighted by molar-refractivity contribution is -0.140. The number of halogens is 1.